The van der Waals surface area contributed by atoms with Crippen LogP contribution in [0.15, 0.2) is 24.3 Å². The average molecular weight is 309 g/mol. The van der Waals surface area contributed by atoms with E-state index in [1.165, 1.54) is 5.56 Å². The Hall–Kier alpha value is -0.710. The summed E-state index contributed by atoms with van der Waals surface area (Å²) < 4.78 is 17.7. The maximum Gasteiger partial charge on any atom is 0.0477 e. The lowest BCUT2D eigenvalue weighted by molar-refractivity contribution is 0.0992. The Balaban J connectivity index is 1.90. The minimum atomic E-state index is -0.857. The minimum absolute atomic E-state index is 0.137. The van der Waals surface area contributed by atoms with E-state index in [4.69, 9.17) is 10.5 Å². The Morgan fingerprint density at radius 3 is 2.43 bits per heavy atom. The quantitative estimate of drug-likeness (QED) is 0.879. The Morgan fingerprint density at radius 2 is 1.86 bits per heavy atom. The highest BCUT2D eigenvalue weighted by Crippen LogP contribution is 2.19. The van der Waals surface area contributed by atoms with Gasteiger partial charge in [-0.25, -0.2) is 0 Å². The molecule has 4 heteroatoms. The van der Waals surface area contributed by atoms with Gasteiger partial charge in [0.1, 0.15) is 0 Å². The highest BCUT2D eigenvalue weighted by molar-refractivity contribution is 7.85. The van der Waals surface area contributed by atoms with E-state index in [9.17, 15) is 4.21 Å². The largest absolute Gasteiger partial charge is 0.381 e. The molecule has 0 saturated carbocycles. The molecule has 3 nitrogen and oxygen atoms in total. The first-order chi connectivity index (χ1) is 10.1. The molecule has 0 aliphatic carbocycles. The van der Waals surface area contributed by atoms with Crippen LogP contribution in [-0.2, 0) is 22.0 Å². The van der Waals surface area contributed by atoms with E-state index in [2.05, 4.69) is 38.1 Å². The van der Waals surface area contributed by atoms with Crippen LogP contribution in [0.3, 0.4) is 0 Å². The number of hydrogen-bond donors (Lipinski definition) is 1. The second-order valence-corrected chi connectivity index (χ2v) is 8.07. The van der Waals surface area contributed by atoms with Gasteiger partial charge in [0.05, 0.1) is 0 Å². The monoisotopic (exact) mass is 309 g/mol. The van der Waals surface area contributed by atoms with Gasteiger partial charge in [-0.05, 0) is 36.3 Å². The fourth-order valence-corrected chi connectivity index (χ4v) is 4.26. The van der Waals surface area contributed by atoms with Crippen molar-refractivity contribution in [2.45, 2.75) is 44.4 Å². The molecule has 0 bridgehead atoms. The maximum atomic E-state index is 12.4. The van der Waals surface area contributed by atoms with Crippen molar-refractivity contribution in [1.82, 2.24) is 0 Å². The van der Waals surface area contributed by atoms with Gasteiger partial charge in [-0.3, -0.25) is 4.21 Å². The second kappa shape index (κ2) is 8.06. The summed E-state index contributed by atoms with van der Waals surface area (Å²) >= 11 is 0. The van der Waals surface area contributed by atoms with Crippen LogP contribution in [0.1, 0.15) is 43.9 Å². The Morgan fingerprint density at radius 1 is 1.24 bits per heavy atom. The topological polar surface area (TPSA) is 52.3 Å². The fraction of sp³-hybridized carbons (Fsp3) is 0.647. The smallest absolute Gasteiger partial charge is 0.0477 e. The van der Waals surface area contributed by atoms with Crippen molar-refractivity contribution in [3.63, 3.8) is 0 Å². The van der Waals surface area contributed by atoms with Gasteiger partial charge < -0.3 is 10.5 Å². The standard InChI is InChI=1S/C17H27NO2S/c1-13(2)11-14-3-5-15(6-4-14)17(18)12-21(19)16-7-9-20-10-8-16/h3-6,13,16-17H,7-12,18H2,1-2H3. The molecule has 1 fully saturated rings. The van der Waals surface area contributed by atoms with Gasteiger partial charge >= 0.3 is 0 Å². The van der Waals surface area contributed by atoms with Crippen LogP contribution in [-0.4, -0.2) is 28.4 Å². The summed E-state index contributed by atoms with van der Waals surface area (Å²) in [5.41, 5.74) is 8.65. The molecule has 2 atom stereocenters. The minimum Gasteiger partial charge on any atom is -0.381 e. The van der Waals surface area contributed by atoms with E-state index in [0.29, 0.717) is 11.7 Å². The zero-order chi connectivity index (χ0) is 15.2. The van der Waals surface area contributed by atoms with E-state index in [1.54, 1.807) is 0 Å². The first-order valence-corrected chi connectivity index (χ1v) is 9.24. The summed E-state index contributed by atoms with van der Waals surface area (Å²) in [6.45, 7) is 5.90. The van der Waals surface area contributed by atoms with Gasteiger partial charge in [0, 0.05) is 41.1 Å². The van der Waals surface area contributed by atoms with Crippen molar-refractivity contribution in [3.05, 3.63) is 35.4 Å². The van der Waals surface area contributed by atoms with Crippen LogP contribution in [0, 0.1) is 5.92 Å². The van der Waals surface area contributed by atoms with Crippen molar-refractivity contribution in [3.8, 4) is 0 Å². The van der Waals surface area contributed by atoms with Crippen molar-refractivity contribution in [2.75, 3.05) is 19.0 Å². The van der Waals surface area contributed by atoms with Crippen LogP contribution >= 0.6 is 0 Å². The fourth-order valence-electron chi connectivity index (χ4n) is 2.72. The molecule has 118 valence electrons. The van der Waals surface area contributed by atoms with Crippen LogP contribution in [0.2, 0.25) is 0 Å². The Kier molecular flexibility index (Phi) is 6.40. The predicted molar refractivity (Wildman–Crippen MR) is 88.8 cm³/mol. The molecule has 0 spiro atoms. The summed E-state index contributed by atoms with van der Waals surface area (Å²) in [5, 5.41) is 0.255. The summed E-state index contributed by atoms with van der Waals surface area (Å²) in [6, 6.07) is 8.33. The molecule has 1 aromatic rings. The third kappa shape index (κ3) is 5.20. The van der Waals surface area contributed by atoms with Gasteiger partial charge in [0.2, 0.25) is 0 Å². The molecule has 0 radical (unpaired) electrons. The molecule has 2 unspecified atom stereocenters. The van der Waals surface area contributed by atoms with Crippen molar-refractivity contribution in [2.24, 2.45) is 11.7 Å². The number of benzene rings is 1. The molecule has 21 heavy (non-hydrogen) atoms. The second-order valence-electron chi connectivity index (χ2n) is 6.31. The number of ether oxygens (including phenoxy) is 1. The summed E-state index contributed by atoms with van der Waals surface area (Å²) in [4.78, 5) is 0. The zero-order valence-electron chi connectivity index (χ0n) is 13.1. The van der Waals surface area contributed by atoms with E-state index in [-0.39, 0.29) is 11.3 Å². The SMILES string of the molecule is CC(C)Cc1ccc(C(N)CS(=O)C2CCOCC2)cc1. The van der Waals surface area contributed by atoms with Crippen LogP contribution in [0.25, 0.3) is 0 Å². The molecular weight excluding hydrogens is 282 g/mol. The first kappa shape index (κ1) is 16.7. The molecule has 2 N–H and O–H groups in total. The van der Waals surface area contributed by atoms with Crippen molar-refractivity contribution in [1.29, 1.82) is 0 Å². The van der Waals surface area contributed by atoms with E-state index >= 15 is 0 Å². The number of hydrogen-bond acceptors (Lipinski definition) is 3. The molecule has 1 aliphatic heterocycles. The Labute approximate surface area is 130 Å². The molecule has 1 aromatic carbocycles. The lowest BCUT2D eigenvalue weighted by Crippen LogP contribution is -2.30. The summed E-state index contributed by atoms with van der Waals surface area (Å²) in [7, 11) is -0.857. The van der Waals surface area contributed by atoms with Crippen molar-refractivity contribution >= 4 is 10.8 Å². The summed E-state index contributed by atoms with van der Waals surface area (Å²) in [5.74, 6) is 1.21. The molecule has 1 saturated heterocycles. The first-order valence-electron chi connectivity index (χ1n) is 7.85. The lowest BCUT2D eigenvalue weighted by atomic mass is 10.0. The highest BCUT2D eigenvalue weighted by atomic mass is 32.2. The molecule has 2 rings (SSSR count). The van der Waals surface area contributed by atoms with Crippen LogP contribution in [0.4, 0.5) is 0 Å². The molecule has 1 aliphatic rings. The van der Waals surface area contributed by atoms with Gasteiger partial charge in [0.15, 0.2) is 0 Å². The lowest BCUT2D eigenvalue weighted by Gasteiger charge is -2.23. The molecular formula is C17H27NO2S. The number of nitrogens with two attached hydrogens (primary N) is 1. The average Bonchev–Trinajstić information content (AvgIpc) is 2.48. The Bertz CT molecular complexity index is 452. The molecule has 0 amide bonds. The number of rotatable bonds is 6. The molecule has 0 aromatic heterocycles. The van der Waals surface area contributed by atoms with E-state index in [0.717, 1.165) is 38.0 Å². The third-order valence-electron chi connectivity index (χ3n) is 3.94. The van der Waals surface area contributed by atoms with Gasteiger partial charge in [-0.2, -0.15) is 0 Å². The van der Waals surface area contributed by atoms with Gasteiger partial charge in [0.25, 0.3) is 0 Å². The molecule has 1 heterocycles. The maximum absolute atomic E-state index is 12.4. The predicted octanol–water partition coefficient (Wildman–Crippen LogP) is 2.81. The van der Waals surface area contributed by atoms with Crippen molar-refractivity contribution < 1.29 is 8.95 Å². The van der Waals surface area contributed by atoms with Crippen LogP contribution in [0.5, 0.6) is 0 Å². The third-order valence-corrected chi connectivity index (χ3v) is 5.84. The normalized spacial score (nSPS) is 19.6. The van der Waals surface area contributed by atoms with E-state index < -0.39 is 10.8 Å². The van der Waals surface area contributed by atoms with Gasteiger partial charge in [-0.1, -0.05) is 38.1 Å². The zero-order valence-corrected chi connectivity index (χ0v) is 13.9. The van der Waals surface area contributed by atoms with Crippen LogP contribution < -0.4 is 5.73 Å². The highest BCUT2D eigenvalue weighted by Gasteiger charge is 2.22. The van der Waals surface area contributed by atoms with Gasteiger partial charge in [-0.15, -0.1) is 0 Å². The summed E-state index contributed by atoms with van der Waals surface area (Å²) in [6.07, 6.45) is 2.88. The van der Waals surface area contributed by atoms with E-state index in [1.807, 2.05) is 0 Å².